The Morgan fingerprint density at radius 3 is 2.40 bits per heavy atom. The van der Waals surface area contributed by atoms with Gasteiger partial charge >= 0.3 is 0 Å². The molecule has 1 fully saturated rings. The summed E-state index contributed by atoms with van der Waals surface area (Å²) in [5.74, 6) is 1.85. The third-order valence-electron chi connectivity index (χ3n) is 3.82. The Balaban J connectivity index is 2.15. The smallest absolute Gasteiger partial charge is 0.0431 e. The summed E-state index contributed by atoms with van der Waals surface area (Å²) < 4.78 is 0. The van der Waals surface area contributed by atoms with E-state index in [9.17, 15) is 0 Å². The van der Waals surface area contributed by atoms with Gasteiger partial charge in [0.2, 0.25) is 0 Å². The van der Waals surface area contributed by atoms with Crippen molar-refractivity contribution >= 4 is 0 Å². The molecule has 1 rings (SSSR count). The molecule has 0 aromatic carbocycles. The predicted octanol–water partition coefficient (Wildman–Crippen LogP) is 3.96. The fourth-order valence-corrected chi connectivity index (χ4v) is 2.82. The van der Waals surface area contributed by atoms with Crippen molar-refractivity contribution in [1.82, 2.24) is 0 Å². The van der Waals surface area contributed by atoms with Gasteiger partial charge < -0.3 is 5.11 Å². The Morgan fingerprint density at radius 1 is 1.00 bits per heavy atom. The summed E-state index contributed by atoms with van der Waals surface area (Å²) >= 11 is 0. The summed E-state index contributed by atoms with van der Waals surface area (Å²) in [6, 6.07) is 0. The van der Waals surface area contributed by atoms with Crippen molar-refractivity contribution in [3.8, 4) is 0 Å². The number of aliphatic hydroxyl groups is 1. The molecule has 2 unspecified atom stereocenters. The summed E-state index contributed by atoms with van der Waals surface area (Å²) in [7, 11) is 0. The average molecular weight is 211 g/mol. The molecule has 2 atom stereocenters. The summed E-state index contributed by atoms with van der Waals surface area (Å²) in [5.41, 5.74) is 0. The Morgan fingerprint density at radius 2 is 1.73 bits per heavy atom. The average Bonchev–Trinajstić information content (AvgIpc) is 2.49. The summed E-state index contributed by atoms with van der Waals surface area (Å²) in [6.07, 6.45) is 13.2. The van der Waals surface area contributed by atoms with Crippen molar-refractivity contribution in [3.63, 3.8) is 0 Å². The number of unbranched alkanes of at least 4 members (excludes halogenated alkanes) is 2. The predicted molar refractivity (Wildman–Crippen MR) is 65.6 cm³/mol. The van der Waals surface area contributed by atoms with E-state index in [4.69, 9.17) is 5.11 Å². The SMILES string of the molecule is [CH2]CC1CCCCC(CCCCCO)C1. The zero-order chi connectivity index (χ0) is 10.9. The lowest BCUT2D eigenvalue weighted by molar-refractivity contribution is 0.277. The fourth-order valence-electron chi connectivity index (χ4n) is 2.82. The largest absolute Gasteiger partial charge is 0.396 e. The maximum atomic E-state index is 8.72. The van der Waals surface area contributed by atoms with Gasteiger partial charge in [-0.2, -0.15) is 0 Å². The minimum Gasteiger partial charge on any atom is -0.396 e. The van der Waals surface area contributed by atoms with Gasteiger partial charge in [-0.1, -0.05) is 58.3 Å². The van der Waals surface area contributed by atoms with Crippen molar-refractivity contribution < 1.29 is 5.11 Å². The second-order valence-corrected chi connectivity index (χ2v) is 5.11. The van der Waals surface area contributed by atoms with Crippen molar-refractivity contribution in [2.24, 2.45) is 11.8 Å². The molecule has 1 saturated carbocycles. The topological polar surface area (TPSA) is 20.2 Å². The number of rotatable bonds is 6. The van der Waals surface area contributed by atoms with Gasteiger partial charge in [0, 0.05) is 6.61 Å². The monoisotopic (exact) mass is 211 g/mol. The minimum absolute atomic E-state index is 0.367. The third kappa shape index (κ3) is 5.55. The quantitative estimate of drug-likeness (QED) is 0.521. The molecular weight excluding hydrogens is 184 g/mol. The first-order valence-corrected chi connectivity index (χ1v) is 6.77. The van der Waals surface area contributed by atoms with Gasteiger partial charge in [0.15, 0.2) is 0 Å². The highest BCUT2D eigenvalue weighted by Crippen LogP contribution is 2.32. The van der Waals surface area contributed by atoms with Crippen LogP contribution in [0, 0.1) is 18.8 Å². The highest BCUT2D eigenvalue weighted by Gasteiger charge is 2.18. The molecule has 0 aliphatic heterocycles. The lowest BCUT2D eigenvalue weighted by Crippen LogP contribution is -2.05. The van der Waals surface area contributed by atoms with Crippen LogP contribution in [0.25, 0.3) is 0 Å². The second kappa shape index (κ2) is 8.15. The maximum Gasteiger partial charge on any atom is 0.0431 e. The van der Waals surface area contributed by atoms with E-state index in [1.165, 1.54) is 51.4 Å². The lowest BCUT2D eigenvalue weighted by atomic mass is 9.88. The maximum absolute atomic E-state index is 8.72. The number of hydrogen-bond acceptors (Lipinski definition) is 1. The first-order valence-electron chi connectivity index (χ1n) is 6.77. The molecule has 0 bridgehead atoms. The van der Waals surface area contributed by atoms with Crippen LogP contribution in [0.3, 0.4) is 0 Å². The van der Waals surface area contributed by atoms with E-state index in [1.807, 2.05) is 0 Å². The molecule has 1 aliphatic rings. The van der Waals surface area contributed by atoms with E-state index in [-0.39, 0.29) is 0 Å². The van der Waals surface area contributed by atoms with Gasteiger partial charge in [0.1, 0.15) is 0 Å². The molecule has 1 heteroatoms. The normalized spacial score (nSPS) is 27.6. The Labute approximate surface area is 95.3 Å². The van der Waals surface area contributed by atoms with Crippen LogP contribution in [0.2, 0.25) is 0 Å². The minimum atomic E-state index is 0.367. The first kappa shape index (κ1) is 13.0. The summed E-state index contributed by atoms with van der Waals surface area (Å²) in [4.78, 5) is 0. The van der Waals surface area contributed by atoms with Crippen LogP contribution in [0.5, 0.6) is 0 Å². The molecule has 1 nitrogen and oxygen atoms in total. The zero-order valence-corrected chi connectivity index (χ0v) is 10.1. The van der Waals surface area contributed by atoms with Crippen LogP contribution >= 0.6 is 0 Å². The molecule has 89 valence electrons. The molecule has 0 heterocycles. The van der Waals surface area contributed by atoms with Gasteiger partial charge in [-0.15, -0.1) is 0 Å². The van der Waals surface area contributed by atoms with E-state index in [0.717, 1.165) is 24.7 Å². The Bertz CT molecular complexity index is 144. The number of hydrogen-bond donors (Lipinski definition) is 1. The molecule has 0 spiro atoms. The zero-order valence-electron chi connectivity index (χ0n) is 10.1. The van der Waals surface area contributed by atoms with Gasteiger partial charge in [-0.25, -0.2) is 0 Å². The standard InChI is InChI=1S/C14H27O/c1-2-13-8-5-6-10-14(12-13)9-4-3-7-11-15/h13-15H,1-12H2. The van der Waals surface area contributed by atoms with E-state index < -0.39 is 0 Å². The van der Waals surface area contributed by atoms with Crippen LogP contribution in [-0.4, -0.2) is 11.7 Å². The van der Waals surface area contributed by atoms with Crippen molar-refractivity contribution in [3.05, 3.63) is 6.92 Å². The van der Waals surface area contributed by atoms with Crippen molar-refractivity contribution in [2.45, 2.75) is 64.2 Å². The van der Waals surface area contributed by atoms with E-state index >= 15 is 0 Å². The van der Waals surface area contributed by atoms with Crippen LogP contribution in [0.15, 0.2) is 0 Å². The fraction of sp³-hybridized carbons (Fsp3) is 0.929. The first-order chi connectivity index (χ1) is 7.36. The highest BCUT2D eigenvalue weighted by molar-refractivity contribution is 4.72. The lowest BCUT2D eigenvalue weighted by Gasteiger charge is -2.18. The van der Waals surface area contributed by atoms with Crippen molar-refractivity contribution in [2.75, 3.05) is 6.61 Å². The van der Waals surface area contributed by atoms with Crippen LogP contribution < -0.4 is 0 Å². The van der Waals surface area contributed by atoms with Crippen LogP contribution in [0.1, 0.15) is 64.2 Å². The molecule has 1 aliphatic carbocycles. The molecule has 0 aromatic rings. The Kier molecular flexibility index (Phi) is 7.08. The molecular formula is C14H27O. The van der Waals surface area contributed by atoms with Gasteiger partial charge in [0.05, 0.1) is 0 Å². The van der Waals surface area contributed by atoms with Gasteiger partial charge in [-0.3, -0.25) is 0 Å². The molecule has 1 N–H and O–H groups in total. The Hall–Kier alpha value is -0.0400. The van der Waals surface area contributed by atoms with Crippen molar-refractivity contribution in [1.29, 1.82) is 0 Å². The highest BCUT2D eigenvalue weighted by atomic mass is 16.2. The number of aliphatic hydroxyl groups excluding tert-OH is 1. The van der Waals surface area contributed by atoms with Gasteiger partial charge in [-0.05, 0) is 24.7 Å². The summed E-state index contributed by atoms with van der Waals surface area (Å²) in [6.45, 7) is 4.43. The van der Waals surface area contributed by atoms with E-state index in [1.54, 1.807) is 0 Å². The van der Waals surface area contributed by atoms with Crippen LogP contribution in [0.4, 0.5) is 0 Å². The van der Waals surface area contributed by atoms with Crippen LogP contribution in [-0.2, 0) is 0 Å². The second-order valence-electron chi connectivity index (χ2n) is 5.11. The summed E-state index contributed by atoms with van der Waals surface area (Å²) in [5, 5.41) is 8.72. The molecule has 0 aromatic heterocycles. The third-order valence-corrected chi connectivity index (χ3v) is 3.82. The van der Waals surface area contributed by atoms with E-state index in [2.05, 4.69) is 6.92 Å². The van der Waals surface area contributed by atoms with E-state index in [0.29, 0.717) is 6.61 Å². The molecule has 15 heavy (non-hydrogen) atoms. The van der Waals surface area contributed by atoms with Gasteiger partial charge in [0.25, 0.3) is 0 Å². The molecule has 0 amide bonds. The molecule has 1 radical (unpaired) electrons. The molecule has 0 saturated heterocycles.